The lowest BCUT2D eigenvalue weighted by atomic mass is 10.0. The van der Waals surface area contributed by atoms with E-state index in [2.05, 4.69) is 47.1 Å². The first-order valence-corrected chi connectivity index (χ1v) is 11.3. The molecule has 2 heterocycles. The van der Waals surface area contributed by atoms with Gasteiger partial charge in [0.15, 0.2) is 0 Å². The van der Waals surface area contributed by atoms with Crippen LogP contribution in [0.5, 0.6) is 0 Å². The molecular weight excluding hydrogens is 418 g/mol. The van der Waals surface area contributed by atoms with Gasteiger partial charge in [0.1, 0.15) is 0 Å². The number of hydrogen-bond donors (Lipinski definition) is 0. The van der Waals surface area contributed by atoms with Crippen molar-refractivity contribution in [1.29, 1.82) is 0 Å². The fourth-order valence-corrected chi connectivity index (χ4v) is 4.46. The molecule has 0 unspecified atom stereocenters. The van der Waals surface area contributed by atoms with Crippen LogP contribution in [0.15, 0.2) is 91.0 Å². The molecule has 0 spiro atoms. The van der Waals surface area contributed by atoms with Gasteiger partial charge in [0.25, 0.3) is 5.91 Å². The van der Waals surface area contributed by atoms with E-state index in [4.69, 9.17) is 16.7 Å². The smallest absolute Gasteiger partial charge is 0.253 e. The number of piperidine rings is 1. The zero-order valence-corrected chi connectivity index (χ0v) is 18.4. The van der Waals surface area contributed by atoms with Crippen molar-refractivity contribution >= 4 is 17.5 Å². The summed E-state index contributed by atoms with van der Waals surface area (Å²) in [6.45, 7) is 1.42. The fraction of sp³-hybridized carbons (Fsp3) is 0.185. The molecule has 160 valence electrons. The summed E-state index contributed by atoms with van der Waals surface area (Å²) in [5.74, 6) is 0.0637. The Labute approximate surface area is 193 Å². The highest BCUT2D eigenvalue weighted by molar-refractivity contribution is 6.30. The molecule has 1 amide bonds. The van der Waals surface area contributed by atoms with E-state index in [9.17, 15) is 4.79 Å². The third-order valence-corrected chi connectivity index (χ3v) is 6.32. The lowest BCUT2D eigenvalue weighted by Gasteiger charge is -2.33. The molecule has 1 aromatic heterocycles. The molecule has 1 aliphatic rings. The van der Waals surface area contributed by atoms with Crippen LogP contribution in [0.4, 0.5) is 0 Å². The second-order valence-corrected chi connectivity index (χ2v) is 8.56. The molecule has 0 aliphatic carbocycles. The average molecular weight is 442 g/mol. The summed E-state index contributed by atoms with van der Waals surface area (Å²) in [6, 6.07) is 30.2. The van der Waals surface area contributed by atoms with Crippen LogP contribution in [-0.4, -0.2) is 33.7 Å². The minimum atomic E-state index is 0.0637. The minimum Gasteiger partial charge on any atom is -0.338 e. The van der Waals surface area contributed by atoms with Crippen molar-refractivity contribution < 1.29 is 4.79 Å². The van der Waals surface area contributed by atoms with E-state index < -0.39 is 0 Å². The predicted molar refractivity (Wildman–Crippen MR) is 129 cm³/mol. The molecular formula is C27H24ClN3O. The Morgan fingerprint density at radius 1 is 0.812 bits per heavy atom. The first-order valence-electron chi connectivity index (χ1n) is 10.9. The maximum absolute atomic E-state index is 12.9. The fourth-order valence-electron chi connectivity index (χ4n) is 4.34. The minimum absolute atomic E-state index is 0.0637. The van der Waals surface area contributed by atoms with Crippen molar-refractivity contribution in [2.45, 2.75) is 18.9 Å². The number of carbonyl (C=O) groups excluding carboxylic acids is 1. The number of likely N-dealkylation sites (tertiary alicyclic amines) is 1. The molecule has 5 heteroatoms. The summed E-state index contributed by atoms with van der Waals surface area (Å²) >= 11 is 5.97. The van der Waals surface area contributed by atoms with E-state index >= 15 is 0 Å². The Bertz CT molecular complexity index is 1190. The summed E-state index contributed by atoms with van der Waals surface area (Å²) in [5, 5.41) is 5.66. The van der Waals surface area contributed by atoms with Crippen LogP contribution in [0.2, 0.25) is 5.02 Å². The highest BCUT2D eigenvalue weighted by Gasteiger charge is 2.27. The zero-order valence-electron chi connectivity index (χ0n) is 17.7. The van der Waals surface area contributed by atoms with Crippen LogP contribution in [-0.2, 0) is 0 Å². The molecule has 4 nitrogen and oxygen atoms in total. The maximum Gasteiger partial charge on any atom is 0.253 e. The Morgan fingerprint density at radius 3 is 2.03 bits per heavy atom. The molecule has 0 bridgehead atoms. The number of rotatable bonds is 4. The Morgan fingerprint density at radius 2 is 1.41 bits per heavy atom. The topological polar surface area (TPSA) is 38.1 Å². The van der Waals surface area contributed by atoms with Crippen LogP contribution in [0.25, 0.3) is 22.5 Å². The Balaban J connectivity index is 1.39. The molecule has 0 atom stereocenters. The van der Waals surface area contributed by atoms with Gasteiger partial charge in [0.05, 0.1) is 17.4 Å². The number of amides is 1. The van der Waals surface area contributed by atoms with E-state index in [0.717, 1.165) is 35.4 Å². The molecule has 0 saturated carbocycles. The highest BCUT2D eigenvalue weighted by Crippen LogP contribution is 2.32. The zero-order chi connectivity index (χ0) is 21.9. The van der Waals surface area contributed by atoms with E-state index in [1.807, 2.05) is 29.2 Å². The van der Waals surface area contributed by atoms with Crippen molar-refractivity contribution in [3.63, 3.8) is 0 Å². The molecule has 3 aromatic carbocycles. The summed E-state index contributed by atoms with van der Waals surface area (Å²) in [5.41, 5.74) is 5.04. The largest absolute Gasteiger partial charge is 0.338 e. The number of nitrogens with zero attached hydrogens (tertiary/aromatic N) is 3. The number of benzene rings is 3. The summed E-state index contributed by atoms with van der Waals surface area (Å²) in [7, 11) is 0. The van der Waals surface area contributed by atoms with Gasteiger partial charge in [-0.2, -0.15) is 5.10 Å². The van der Waals surface area contributed by atoms with Gasteiger partial charge in [-0.1, -0.05) is 72.3 Å². The van der Waals surface area contributed by atoms with E-state index in [1.54, 1.807) is 24.3 Å². The normalized spacial score (nSPS) is 14.5. The van der Waals surface area contributed by atoms with Gasteiger partial charge in [0, 0.05) is 29.2 Å². The predicted octanol–water partition coefficient (Wildman–Crippen LogP) is 6.35. The van der Waals surface area contributed by atoms with Crippen molar-refractivity contribution in [1.82, 2.24) is 14.7 Å². The van der Waals surface area contributed by atoms with Gasteiger partial charge in [-0.25, -0.2) is 0 Å². The SMILES string of the molecule is O=C(c1ccc(Cl)cc1)N1CCC(n2nc(-c3ccccc3)cc2-c2ccccc2)CC1. The van der Waals surface area contributed by atoms with Gasteiger partial charge in [-0.15, -0.1) is 0 Å². The quantitative estimate of drug-likeness (QED) is 0.370. The molecule has 1 saturated heterocycles. The van der Waals surface area contributed by atoms with Crippen LogP contribution >= 0.6 is 11.6 Å². The third-order valence-electron chi connectivity index (χ3n) is 6.06. The van der Waals surface area contributed by atoms with Crippen molar-refractivity contribution in [2.75, 3.05) is 13.1 Å². The highest BCUT2D eigenvalue weighted by atomic mass is 35.5. The number of hydrogen-bond acceptors (Lipinski definition) is 2. The standard InChI is InChI=1S/C27H24ClN3O/c28-23-13-11-22(12-14-23)27(32)30-17-15-24(16-18-30)31-26(21-9-5-2-6-10-21)19-25(29-31)20-7-3-1-4-8-20/h1-14,19,24H,15-18H2. The third kappa shape index (κ3) is 4.19. The van der Waals surface area contributed by atoms with Gasteiger partial charge >= 0.3 is 0 Å². The first kappa shape index (κ1) is 20.5. The number of carbonyl (C=O) groups is 1. The van der Waals surface area contributed by atoms with Crippen molar-refractivity contribution in [3.05, 3.63) is 102 Å². The molecule has 4 aromatic rings. The van der Waals surface area contributed by atoms with E-state index in [-0.39, 0.29) is 11.9 Å². The Hall–Kier alpha value is -3.37. The van der Waals surface area contributed by atoms with Crippen LogP contribution in [0.3, 0.4) is 0 Å². The molecule has 1 fully saturated rings. The number of halogens is 1. The Kier molecular flexibility index (Phi) is 5.78. The van der Waals surface area contributed by atoms with E-state index in [0.29, 0.717) is 23.7 Å². The maximum atomic E-state index is 12.9. The van der Waals surface area contributed by atoms with Gasteiger partial charge in [-0.3, -0.25) is 9.48 Å². The van der Waals surface area contributed by atoms with E-state index in [1.165, 1.54) is 0 Å². The molecule has 1 aliphatic heterocycles. The molecule has 0 N–H and O–H groups in total. The number of aromatic nitrogens is 2. The summed E-state index contributed by atoms with van der Waals surface area (Å²) in [6.07, 6.45) is 1.74. The van der Waals surface area contributed by atoms with Gasteiger partial charge in [0.2, 0.25) is 0 Å². The van der Waals surface area contributed by atoms with Crippen molar-refractivity contribution in [2.24, 2.45) is 0 Å². The average Bonchev–Trinajstić information content (AvgIpc) is 3.31. The van der Waals surface area contributed by atoms with Crippen LogP contribution < -0.4 is 0 Å². The van der Waals surface area contributed by atoms with Gasteiger partial charge in [-0.05, 0) is 48.7 Å². The lowest BCUT2D eigenvalue weighted by molar-refractivity contribution is 0.0691. The van der Waals surface area contributed by atoms with Crippen LogP contribution in [0, 0.1) is 0 Å². The molecule has 32 heavy (non-hydrogen) atoms. The summed E-state index contributed by atoms with van der Waals surface area (Å²) in [4.78, 5) is 14.8. The second-order valence-electron chi connectivity index (χ2n) is 8.12. The van der Waals surface area contributed by atoms with Crippen molar-refractivity contribution in [3.8, 4) is 22.5 Å². The van der Waals surface area contributed by atoms with Gasteiger partial charge < -0.3 is 4.90 Å². The second kappa shape index (κ2) is 9.01. The summed E-state index contributed by atoms with van der Waals surface area (Å²) < 4.78 is 2.17. The lowest BCUT2D eigenvalue weighted by Crippen LogP contribution is -2.39. The monoisotopic (exact) mass is 441 g/mol. The molecule has 5 rings (SSSR count). The molecule has 0 radical (unpaired) electrons. The van der Waals surface area contributed by atoms with Crippen LogP contribution in [0.1, 0.15) is 29.2 Å². The first-order chi connectivity index (χ1) is 15.7.